The largest absolute Gasteiger partial charge is 0.147 e. The van der Waals surface area contributed by atoms with Crippen LogP contribution in [0.5, 0.6) is 0 Å². The molecular weight excluding hydrogens is 92.1 g/mol. The number of hydrogen-bond acceptors (Lipinski definition) is 1. The third-order valence-corrected chi connectivity index (χ3v) is 0.675. The van der Waals surface area contributed by atoms with Gasteiger partial charge in [0.25, 0.3) is 0 Å². The van der Waals surface area contributed by atoms with Crippen LogP contribution in [-0.2, 0) is 0 Å². The summed E-state index contributed by atoms with van der Waals surface area (Å²) in [6.45, 7) is 1.83. The van der Waals surface area contributed by atoms with Gasteiger partial charge in [0, 0.05) is 0 Å². The molecule has 0 aromatic rings. The van der Waals surface area contributed by atoms with Gasteiger partial charge in [0.15, 0.2) is 0 Å². The molecule has 0 atom stereocenters. The van der Waals surface area contributed by atoms with E-state index in [4.69, 9.17) is 0 Å². The molecule has 0 N–H and O–H groups in total. The first-order valence-corrected chi connectivity index (χ1v) is 2.97. The molecule has 0 aromatic carbocycles. The molecule has 0 aliphatic rings. The maximum Gasteiger partial charge on any atom is 0.0882 e. The second-order valence-electron chi connectivity index (χ2n) is 0.748. The van der Waals surface area contributed by atoms with Crippen molar-refractivity contribution < 1.29 is 0 Å². The van der Waals surface area contributed by atoms with Gasteiger partial charge in [-0.2, -0.15) is 0 Å². The van der Waals surface area contributed by atoms with Crippen molar-refractivity contribution in [3.05, 3.63) is 5.75 Å². The molecular formula is C5H7S. The molecule has 0 aromatic heterocycles. The monoisotopic (exact) mass is 99.0 g/mol. The van der Waals surface area contributed by atoms with Crippen LogP contribution in [0.1, 0.15) is 6.92 Å². The Morgan fingerprint density at radius 2 is 2.33 bits per heavy atom. The molecule has 1 radical (unpaired) electrons. The first-order chi connectivity index (χ1) is 2.91. The van der Waals surface area contributed by atoms with E-state index in [0.717, 1.165) is 0 Å². The van der Waals surface area contributed by atoms with Crippen LogP contribution in [-0.4, -0.2) is 6.26 Å². The van der Waals surface area contributed by atoms with Gasteiger partial charge < -0.3 is 0 Å². The van der Waals surface area contributed by atoms with Crippen LogP contribution in [0.2, 0.25) is 0 Å². The van der Waals surface area contributed by atoms with Crippen LogP contribution in [0.15, 0.2) is 0 Å². The summed E-state index contributed by atoms with van der Waals surface area (Å²) in [5, 5.41) is 0. The SMILES string of the molecule is CC#C[CH]SC. The van der Waals surface area contributed by atoms with Crippen LogP contribution in [0.25, 0.3) is 0 Å². The molecule has 33 valence electrons. The first kappa shape index (κ1) is 5.91. The minimum Gasteiger partial charge on any atom is -0.147 e. The second-order valence-corrected chi connectivity index (χ2v) is 1.45. The van der Waals surface area contributed by atoms with Crippen LogP contribution in [0, 0.1) is 17.6 Å². The molecule has 0 fully saturated rings. The van der Waals surface area contributed by atoms with Crippen molar-refractivity contribution in [1.29, 1.82) is 0 Å². The zero-order valence-electron chi connectivity index (χ0n) is 3.99. The Balaban J connectivity index is 2.79. The highest BCUT2D eigenvalue weighted by molar-refractivity contribution is 8.00. The van der Waals surface area contributed by atoms with Crippen molar-refractivity contribution >= 4 is 11.8 Å². The summed E-state index contributed by atoms with van der Waals surface area (Å²) >= 11 is 1.63. The maximum absolute atomic E-state index is 2.79. The van der Waals surface area contributed by atoms with Gasteiger partial charge in [-0.15, -0.1) is 17.7 Å². The Kier molecular flexibility index (Phi) is 4.84. The topological polar surface area (TPSA) is 0 Å². The van der Waals surface area contributed by atoms with Gasteiger partial charge in [-0.25, -0.2) is 0 Å². The minimum atomic E-state index is 1.63. The van der Waals surface area contributed by atoms with Gasteiger partial charge in [0.05, 0.1) is 5.75 Å². The molecule has 0 aliphatic carbocycles. The highest BCUT2D eigenvalue weighted by Gasteiger charge is 1.64. The highest BCUT2D eigenvalue weighted by Crippen LogP contribution is 1.92. The van der Waals surface area contributed by atoms with Crippen LogP contribution in [0.3, 0.4) is 0 Å². The fraction of sp³-hybridized carbons (Fsp3) is 0.400. The van der Waals surface area contributed by atoms with Crippen LogP contribution >= 0.6 is 11.8 Å². The summed E-state index contributed by atoms with van der Waals surface area (Å²) in [7, 11) is 0. The van der Waals surface area contributed by atoms with Gasteiger partial charge in [-0.3, -0.25) is 0 Å². The standard InChI is InChI=1S/C5H7S/c1-3-4-5-6-2/h5H,1-2H3. The average Bonchev–Trinajstić information content (AvgIpc) is 1.61. The number of rotatable bonds is 1. The van der Waals surface area contributed by atoms with E-state index in [1.807, 2.05) is 18.9 Å². The van der Waals surface area contributed by atoms with Crippen molar-refractivity contribution in [2.75, 3.05) is 6.26 Å². The lowest BCUT2D eigenvalue weighted by Gasteiger charge is -1.71. The summed E-state index contributed by atoms with van der Waals surface area (Å²) in [4.78, 5) is 0. The average molecular weight is 99.2 g/mol. The zero-order chi connectivity index (χ0) is 4.83. The van der Waals surface area contributed by atoms with Crippen LogP contribution in [0.4, 0.5) is 0 Å². The van der Waals surface area contributed by atoms with E-state index < -0.39 is 0 Å². The lowest BCUT2D eigenvalue weighted by molar-refractivity contribution is 1.91. The summed E-state index contributed by atoms with van der Waals surface area (Å²) in [5.74, 6) is 7.39. The molecule has 0 unspecified atom stereocenters. The molecule has 0 bridgehead atoms. The summed E-state index contributed by atoms with van der Waals surface area (Å²) in [6.07, 6.45) is 1.99. The van der Waals surface area contributed by atoms with E-state index in [2.05, 4.69) is 11.8 Å². The van der Waals surface area contributed by atoms with Crippen LogP contribution < -0.4 is 0 Å². The summed E-state index contributed by atoms with van der Waals surface area (Å²) in [5.41, 5.74) is 0. The van der Waals surface area contributed by atoms with Crippen molar-refractivity contribution in [1.82, 2.24) is 0 Å². The third kappa shape index (κ3) is 3.91. The van der Waals surface area contributed by atoms with E-state index >= 15 is 0 Å². The van der Waals surface area contributed by atoms with Crippen molar-refractivity contribution in [3.63, 3.8) is 0 Å². The molecule has 0 nitrogen and oxygen atoms in total. The van der Waals surface area contributed by atoms with E-state index in [1.165, 1.54) is 0 Å². The smallest absolute Gasteiger partial charge is 0.0882 e. The molecule has 6 heavy (non-hydrogen) atoms. The Morgan fingerprint density at radius 3 is 2.50 bits per heavy atom. The maximum atomic E-state index is 2.79. The molecule has 0 amide bonds. The predicted molar refractivity (Wildman–Crippen MR) is 31.3 cm³/mol. The molecule has 0 aliphatic heterocycles. The van der Waals surface area contributed by atoms with Crippen molar-refractivity contribution in [2.24, 2.45) is 0 Å². The Morgan fingerprint density at radius 1 is 1.67 bits per heavy atom. The fourth-order valence-electron chi connectivity index (χ4n) is 0.118. The van der Waals surface area contributed by atoms with E-state index in [9.17, 15) is 0 Å². The third-order valence-electron chi connectivity index (χ3n) is 0.321. The van der Waals surface area contributed by atoms with Crippen molar-refractivity contribution in [3.8, 4) is 11.8 Å². The summed E-state index contributed by atoms with van der Waals surface area (Å²) in [6, 6.07) is 0. The van der Waals surface area contributed by atoms with E-state index in [1.54, 1.807) is 11.8 Å². The van der Waals surface area contributed by atoms with Gasteiger partial charge in [-0.1, -0.05) is 5.92 Å². The quantitative estimate of drug-likeness (QED) is 0.449. The number of hydrogen-bond donors (Lipinski definition) is 0. The highest BCUT2D eigenvalue weighted by atomic mass is 32.2. The molecule has 0 saturated heterocycles. The molecule has 0 rings (SSSR count). The molecule has 0 saturated carbocycles. The minimum absolute atomic E-state index is 1.63. The normalized spacial score (nSPS) is 6.33. The number of thioether (sulfide) groups is 1. The summed E-state index contributed by atoms with van der Waals surface area (Å²) < 4.78 is 0. The van der Waals surface area contributed by atoms with Gasteiger partial charge in [0.1, 0.15) is 0 Å². The molecule has 1 heteroatoms. The molecule has 0 heterocycles. The zero-order valence-corrected chi connectivity index (χ0v) is 4.80. The fourth-order valence-corrected chi connectivity index (χ4v) is 0.354. The Hall–Kier alpha value is -0.0900. The molecule has 0 spiro atoms. The second kappa shape index (κ2) is 4.91. The Bertz CT molecular complexity index is 65.7. The van der Waals surface area contributed by atoms with Gasteiger partial charge >= 0.3 is 0 Å². The lowest BCUT2D eigenvalue weighted by Crippen LogP contribution is -1.51. The van der Waals surface area contributed by atoms with E-state index in [-0.39, 0.29) is 0 Å². The van der Waals surface area contributed by atoms with E-state index in [0.29, 0.717) is 0 Å². The first-order valence-electron chi connectivity index (χ1n) is 1.68. The predicted octanol–water partition coefficient (Wildman–Crippen LogP) is 1.53. The lowest BCUT2D eigenvalue weighted by atomic mass is 10.7. The van der Waals surface area contributed by atoms with Gasteiger partial charge in [-0.05, 0) is 13.2 Å². The van der Waals surface area contributed by atoms with Crippen molar-refractivity contribution in [2.45, 2.75) is 6.92 Å². The Labute approximate surface area is 43.3 Å². The van der Waals surface area contributed by atoms with Gasteiger partial charge in [0.2, 0.25) is 0 Å².